The molecule has 0 bridgehead atoms. The molecule has 0 saturated carbocycles. The van der Waals surface area contributed by atoms with Crippen LogP contribution in [0.2, 0.25) is 0 Å². The van der Waals surface area contributed by atoms with Crippen LogP contribution in [-0.4, -0.2) is 59.0 Å². The van der Waals surface area contributed by atoms with Crippen LogP contribution in [-0.2, 0) is 18.4 Å². The normalized spacial score (nSPS) is 15.6. The first-order valence-corrected chi connectivity index (χ1v) is 18.5. The Bertz CT molecular complexity index is 751. The molecule has 0 heterocycles. The highest BCUT2D eigenvalue weighted by Crippen LogP contribution is 2.43. The first-order chi connectivity index (χ1) is 20.8. The fourth-order valence-corrected chi connectivity index (χ4v) is 5.46. The van der Waals surface area contributed by atoms with Gasteiger partial charge in [-0.2, -0.15) is 0 Å². The van der Waals surface area contributed by atoms with Crippen molar-refractivity contribution in [1.82, 2.24) is 5.32 Å². The molecule has 4 atom stereocenters. The monoisotopic (exact) mass is 632 g/mol. The fraction of sp³-hybridized carbons (Fsp3) is 0.848. The third-order valence-electron chi connectivity index (χ3n) is 7.33. The van der Waals surface area contributed by atoms with Crippen molar-refractivity contribution in [3.05, 3.63) is 24.3 Å². The Morgan fingerprint density at radius 2 is 1.33 bits per heavy atom. The highest BCUT2D eigenvalue weighted by molar-refractivity contribution is 7.47. The van der Waals surface area contributed by atoms with E-state index < -0.39 is 38.6 Å². The highest BCUT2D eigenvalue weighted by atomic mass is 31.2. The van der Waals surface area contributed by atoms with Gasteiger partial charge in [-0.3, -0.25) is 13.8 Å². The lowest BCUT2D eigenvalue weighted by molar-refractivity contribution is -0.124. The van der Waals surface area contributed by atoms with E-state index in [1.54, 1.807) is 12.2 Å². The third-order valence-corrected chi connectivity index (χ3v) is 8.32. The Morgan fingerprint density at radius 3 is 1.91 bits per heavy atom. The predicted octanol–water partition coefficient (Wildman–Crippen LogP) is 7.24. The molecule has 0 spiro atoms. The van der Waals surface area contributed by atoms with E-state index in [0.29, 0.717) is 12.8 Å². The number of nitrogens with one attached hydrogen (secondary N) is 1. The Labute approximate surface area is 262 Å². The molecule has 0 radical (unpaired) electrons. The number of phosphoric ester groups is 1. The number of hydrogen-bond donors (Lipinski definition) is 5. The van der Waals surface area contributed by atoms with Gasteiger partial charge in [0.25, 0.3) is 0 Å². The zero-order valence-electron chi connectivity index (χ0n) is 27.3. The fourth-order valence-electron chi connectivity index (χ4n) is 4.70. The summed E-state index contributed by atoms with van der Waals surface area (Å²) in [5.74, 6) is -0.460. The lowest BCUT2D eigenvalue weighted by atomic mass is 10.0. The molecule has 254 valence electrons. The van der Waals surface area contributed by atoms with Crippen LogP contribution < -0.4 is 11.1 Å². The number of rotatable bonds is 31. The average Bonchev–Trinajstić information content (AvgIpc) is 2.97. The second-order valence-corrected chi connectivity index (χ2v) is 13.0. The van der Waals surface area contributed by atoms with Crippen LogP contribution in [0.3, 0.4) is 0 Å². The molecule has 6 N–H and O–H groups in total. The van der Waals surface area contributed by atoms with Crippen molar-refractivity contribution in [2.24, 2.45) is 5.73 Å². The highest BCUT2D eigenvalue weighted by Gasteiger charge is 2.27. The van der Waals surface area contributed by atoms with E-state index in [-0.39, 0.29) is 19.6 Å². The Morgan fingerprint density at radius 1 is 0.791 bits per heavy atom. The molecule has 1 amide bonds. The minimum Gasteiger partial charge on any atom is -0.393 e. The number of amides is 1. The maximum absolute atomic E-state index is 12.6. The molecule has 4 unspecified atom stereocenters. The molecule has 43 heavy (non-hydrogen) atoms. The molecule has 0 aliphatic heterocycles. The number of aliphatic hydroxyl groups excluding tert-OH is 2. The molecule has 0 aromatic heterocycles. The van der Waals surface area contributed by atoms with E-state index in [4.69, 9.17) is 14.8 Å². The van der Waals surface area contributed by atoms with Gasteiger partial charge in [-0.1, -0.05) is 134 Å². The molecule has 0 aromatic rings. The lowest BCUT2D eigenvalue weighted by Crippen LogP contribution is -2.46. The molecule has 0 rings (SSSR count). The van der Waals surface area contributed by atoms with Crippen molar-refractivity contribution in [3.63, 3.8) is 0 Å². The van der Waals surface area contributed by atoms with Gasteiger partial charge < -0.3 is 26.2 Å². The number of aliphatic hydroxyl groups is 2. The molecule has 0 aromatic carbocycles. The predicted molar refractivity (Wildman–Crippen MR) is 177 cm³/mol. The van der Waals surface area contributed by atoms with Gasteiger partial charge in [-0.05, 0) is 25.7 Å². The Balaban J connectivity index is 4.45. The summed E-state index contributed by atoms with van der Waals surface area (Å²) in [7, 11) is -4.39. The summed E-state index contributed by atoms with van der Waals surface area (Å²) in [6.45, 7) is 3.84. The maximum atomic E-state index is 12.6. The SMILES string of the molecule is CCCC/C=C/CC/C=C/C(O)C(COP(=O)(O)OCCN)NC(=O)CC(O)CCCCCCCCCCCCCCC. The molecule has 0 aliphatic rings. The van der Waals surface area contributed by atoms with E-state index in [1.165, 1.54) is 64.2 Å². The van der Waals surface area contributed by atoms with Crippen LogP contribution >= 0.6 is 7.82 Å². The molecular formula is C33H65N2O7P. The first-order valence-electron chi connectivity index (χ1n) is 17.0. The number of carbonyl (C=O) groups is 1. The average molecular weight is 633 g/mol. The minimum atomic E-state index is -4.39. The largest absolute Gasteiger partial charge is 0.472 e. The minimum absolute atomic E-state index is 0.0451. The van der Waals surface area contributed by atoms with Gasteiger partial charge in [0.05, 0.1) is 37.9 Å². The summed E-state index contributed by atoms with van der Waals surface area (Å²) >= 11 is 0. The quantitative estimate of drug-likeness (QED) is 0.0305. The van der Waals surface area contributed by atoms with Gasteiger partial charge in [-0.25, -0.2) is 4.57 Å². The van der Waals surface area contributed by atoms with E-state index >= 15 is 0 Å². The summed E-state index contributed by atoms with van der Waals surface area (Å²) in [6.07, 6.45) is 27.1. The molecule has 10 heteroatoms. The van der Waals surface area contributed by atoms with Crippen LogP contribution in [0.5, 0.6) is 0 Å². The van der Waals surface area contributed by atoms with Crippen LogP contribution in [0.25, 0.3) is 0 Å². The smallest absolute Gasteiger partial charge is 0.393 e. The first kappa shape index (κ1) is 41.9. The summed E-state index contributed by atoms with van der Waals surface area (Å²) in [5.41, 5.74) is 5.31. The zero-order valence-corrected chi connectivity index (χ0v) is 28.2. The van der Waals surface area contributed by atoms with Crippen LogP contribution in [0, 0.1) is 0 Å². The summed E-state index contributed by atoms with van der Waals surface area (Å²) in [6, 6.07) is -0.991. The van der Waals surface area contributed by atoms with Gasteiger partial charge in [0.15, 0.2) is 0 Å². The lowest BCUT2D eigenvalue weighted by Gasteiger charge is -2.24. The number of hydrogen-bond acceptors (Lipinski definition) is 7. The van der Waals surface area contributed by atoms with Gasteiger partial charge in [0.1, 0.15) is 0 Å². The van der Waals surface area contributed by atoms with Crippen LogP contribution in [0.15, 0.2) is 24.3 Å². The maximum Gasteiger partial charge on any atom is 0.472 e. The molecule has 0 aliphatic carbocycles. The van der Waals surface area contributed by atoms with Gasteiger partial charge >= 0.3 is 7.82 Å². The van der Waals surface area contributed by atoms with Crippen molar-refractivity contribution in [2.45, 2.75) is 161 Å². The molecule has 0 saturated heterocycles. The number of carbonyl (C=O) groups excluding carboxylic acids is 1. The van der Waals surface area contributed by atoms with Crippen molar-refractivity contribution >= 4 is 13.7 Å². The number of allylic oxidation sites excluding steroid dienone is 3. The second kappa shape index (κ2) is 29.6. The van der Waals surface area contributed by atoms with Crippen molar-refractivity contribution in [2.75, 3.05) is 19.8 Å². The summed E-state index contributed by atoms with van der Waals surface area (Å²) in [5, 5.41) is 23.7. The van der Waals surface area contributed by atoms with Crippen molar-refractivity contribution < 1.29 is 33.5 Å². The van der Waals surface area contributed by atoms with Crippen LogP contribution in [0.1, 0.15) is 142 Å². The number of unbranched alkanes of at least 4 members (excludes halogenated alkanes) is 15. The number of nitrogens with two attached hydrogens (primary N) is 1. The van der Waals surface area contributed by atoms with Gasteiger partial charge in [0, 0.05) is 6.54 Å². The Hall–Kier alpha value is -1.06. The van der Waals surface area contributed by atoms with Gasteiger partial charge in [-0.15, -0.1) is 0 Å². The van der Waals surface area contributed by atoms with Crippen LogP contribution in [0.4, 0.5) is 0 Å². The second-order valence-electron chi connectivity index (χ2n) is 11.6. The topological polar surface area (TPSA) is 151 Å². The van der Waals surface area contributed by atoms with E-state index in [9.17, 15) is 24.5 Å². The van der Waals surface area contributed by atoms with E-state index in [2.05, 4.69) is 31.3 Å². The molecule has 9 nitrogen and oxygen atoms in total. The van der Waals surface area contributed by atoms with E-state index in [1.807, 2.05) is 0 Å². The molecular weight excluding hydrogens is 567 g/mol. The third kappa shape index (κ3) is 28.2. The zero-order chi connectivity index (χ0) is 32.0. The summed E-state index contributed by atoms with van der Waals surface area (Å²) < 4.78 is 21.8. The molecule has 0 fully saturated rings. The summed E-state index contributed by atoms with van der Waals surface area (Å²) in [4.78, 5) is 22.5. The van der Waals surface area contributed by atoms with Crippen molar-refractivity contribution in [1.29, 1.82) is 0 Å². The Kier molecular flexibility index (Phi) is 28.9. The standard InChI is InChI=1S/C33H65N2O7P/c1-3-5-7-9-11-13-14-15-16-17-18-20-22-24-30(36)28-33(38)35-31(29-42-43(39,40)41-27-26-34)32(37)25-23-21-19-12-10-8-6-4-2/h10,12,23,25,30-32,36-37H,3-9,11,13-22,24,26-29,34H2,1-2H3,(H,35,38)(H,39,40)/b12-10+,25-23+. The van der Waals surface area contributed by atoms with Crippen molar-refractivity contribution in [3.8, 4) is 0 Å². The number of phosphoric acid groups is 1. The van der Waals surface area contributed by atoms with E-state index in [0.717, 1.165) is 44.9 Å². The van der Waals surface area contributed by atoms with Gasteiger partial charge in [0.2, 0.25) is 5.91 Å².